The maximum atomic E-state index is 12.6. The van der Waals surface area contributed by atoms with Crippen LogP contribution < -0.4 is 5.32 Å². The summed E-state index contributed by atoms with van der Waals surface area (Å²) >= 11 is 0. The minimum Gasteiger partial charge on any atom is -0.338 e. The van der Waals surface area contributed by atoms with E-state index in [2.05, 4.69) is 10.4 Å². The maximum Gasteiger partial charge on any atom is 0.257 e. The number of rotatable bonds is 4. The summed E-state index contributed by atoms with van der Waals surface area (Å²) in [5, 5.41) is 7.52. The van der Waals surface area contributed by atoms with Crippen LogP contribution in [0.15, 0.2) is 42.7 Å². The Morgan fingerprint density at radius 1 is 1.35 bits per heavy atom. The van der Waals surface area contributed by atoms with E-state index in [0.717, 1.165) is 31.7 Å². The van der Waals surface area contributed by atoms with Gasteiger partial charge in [0.2, 0.25) is 0 Å². The van der Waals surface area contributed by atoms with Gasteiger partial charge in [0.25, 0.3) is 5.91 Å². The summed E-state index contributed by atoms with van der Waals surface area (Å²) in [6.07, 6.45) is 5.75. The lowest BCUT2D eigenvalue weighted by atomic mass is 9.97. The van der Waals surface area contributed by atoms with Crippen molar-refractivity contribution in [2.24, 2.45) is 5.92 Å². The number of carbonyl (C=O) groups excluding carboxylic acids is 1. The number of hydrogen-bond acceptors (Lipinski definition) is 3. The molecule has 1 N–H and O–H groups in total. The van der Waals surface area contributed by atoms with Crippen molar-refractivity contribution >= 4 is 18.3 Å². The Morgan fingerprint density at radius 2 is 2.13 bits per heavy atom. The van der Waals surface area contributed by atoms with Crippen molar-refractivity contribution in [1.82, 2.24) is 20.0 Å². The second-order valence-electron chi connectivity index (χ2n) is 5.83. The highest BCUT2D eigenvalue weighted by atomic mass is 35.5. The van der Waals surface area contributed by atoms with Crippen molar-refractivity contribution in [3.05, 3.63) is 48.3 Å². The van der Waals surface area contributed by atoms with Gasteiger partial charge in [0.15, 0.2) is 0 Å². The van der Waals surface area contributed by atoms with E-state index in [1.807, 2.05) is 48.5 Å². The fraction of sp³-hybridized carbons (Fsp3) is 0.412. The van der Waals surface area contributed by atoms with Gasteiger partial charge >= 0.3 is 0 Å². The topological polar surface area (TPSA) is 50.2 Å². The van der Waals surface area contributed by atoms with E-state index in [9.17, 15) is 4.79 Å². The van der Waals surface area contributed by atoms with Crippen molar-refractivity contribution in [3.63, 3.8) is 0 Å². The third kappa shape index (κ3) is 4.12. The predicted octanol–water partition coefficient (Wildman–Crippen LogP) is 2.37. The molecule has 2 aromatic rings. The van der Waals surface area contributed by atoms with Crippen molar-refractivity contribution < 1.29 is 4.79 Å². The third-order valence-electron chi connectivity index (χ3n) is 4.15. The molecule has 1 saturated heterocycles. The quantitative estimate of drug-likeness (QED) is 0.934. The van der Waals surface area contributed by atoms with Gasteiger partial charge in [-0.25, -0.2) is 4.68 Å². The first-order chi connectivity index (χ1) is 10.8. The number of likely N-dealkylation sites (tertiary alicyclic amines) is 1. The number of hydrogen-bond donors (Lipinski definition) is 1. The molecule has 0 bridgehead atoms. The molecule has 2 heterocycles. The van der Waals surface area contributed by atoms with E-state index in [0.29, 0.717) is 11.5 Å². The van der Waals surface area contributed by atoms with E-state index >= 15 is 0 Å². The summed E-state index contributed by atoms with van der Waals surface area (Å²) in [5.74, 6) is 0.634. The molecule has 0 spiro atoms. The van der Waals surface area contributed by atoms with Crippen molar-refractivity contribution in [3.8, 4) is 5.69 Å². The molecule has 5 nitrogen and oxygen atoms in total. The summed E-state index contributed by atoms with van der Waals surface area (Å²) in [6.45, 7) is 2.64. The van der Waals surface area contributed by atoms with Gasteiger partial charge < -0.3 is 10.2 Å². The Balaban J connectivity index is 0.00000192. The number of amides is 1. The largest absolute Gasteiger partial charge is 0.338 e. The zero-order valence-electron chi connectivity index (χ0n) is 13.3. The Kier molecular flexibility index (Phi) is 6.19. The summed E-state index contributed by atoms with van der Waals surface area (Å²) < 4.78 is 1.75. The maximum absolute atomic E-state index is 12.6. The number of para-hydroxylation sites is 1. The predicted molar refractivity (Wildman–Crippen MR) is 93.4 cm³/mol. The molecule has 124 valence electrons. The van der Waals surface area contributed by atoms with Crippen LogP contribution in [0.4, 0.5) is 0 Å². The molecular formula is C17H23ClN4O. The summed E-state index contributed by atoms with van der Waals surface area (Å²) in [5.41, 5.74) is 1.63. The Labute approximate surface area is 143 Å². The Bertz CT molecular complexity index is 627. The third-order valence-corrected chi connectivity index (χ3v) is 4.15. The molecule has 6 heteroatoms. The average molecular weight is 335 g/mol. The number of nitrogens with zero attached hydrogens (tertiary/aromatic N) is 3. The lowest BCUT2D eigenvalue weighted by Gasteiger charge is -2.32. The van der Waals surface area contributed by atoms with Gasteiger partial charge in [0.1, 0.15) is 0 Å². The van der Waals surface area contributed by atoms with Gasteiger partial charge in [-0.2, -0.15) is 5.10 Å². The molecule has 1 aromatic heterocycles. The van der Waals surface area contributed by atoms with Crippen molar-refractivity contribution in [2.75, 3.05) is 26.7 Å². The fourth-order valence-corrected chi connectivity index (χ4v) is 3.04. The zero-order valence-corrected chi connectivity index (χ0v) is 14.1. The first-order valence-corrected chi connectivity index (χ1v) is 7.82. The summed E-state index contributed by atoms with van der Waals surface area (Å²) in [7, 11) is 1.96. The van der Waals surface area contributed by atoms with Gasteiger partial charge in [-0.15, -0.1) is 12.4 Å². The van der Waals surface area contributed by atoms with Crippen LogP contribution in [0.3, 0.4) is 0 Å². The number of aromatic nitrogens is 2. The number of benzene rings is 1. The lowest BCUT2D eigenvalue weighted by Crippen LogP contribution is -2.42. The molecular weight excluding hydrogens is 312 g/mol. The van der Waals surface area contributed by atoms with Gasteiger partial charge in [-0.1, -0.05) is 18.2 Å². The standard InChI is InChI=1S/C17H22N4O.ClH/c1-18-10-14-6-5-9-20(12-14)17(22)15-11-19-21(13-15)16-7-3-2-4-8-16;/h2-4,7-8,11,13-14,18H,5-6,9-10,12H2,1H3;1H. The van der Waals surface area contributed by atoms with Gasteiger partial charge in [-0.05, 0) is 44.5 Å². The Hall–Kier alpha value is -1.85. The average Bonchev–Trinajstić information content (AvgIpc) is 3.05. The smallest absolute Gasteiger partial charge is 0.257 e. The molecule has 1 atom stereocenters. The summed E-state index contributed by atoms with van der Waals surface area (Å²) in [4.78, 5) is 14.6. The number of halogens is 1. The zero-order chi connectivity index (χ0) is 15.4. The molecule has 1 fully saturated rings. The van der Waals surface area contributed by atoms with Crippen LogP contribution in [0.25, 0.3) is 5.69 Å². The Morgan fingerprint density at radius 3 is 2.87 bits per heavy atom. The number of nitrogens with one attached hydrogen (secondary N) is 1. The van der Waals surface area contributed by atoms with E-state index < -0.39 is 0 Å². The van der Waals surface area contributed by atoms with Crippen LogP contribution in [0.1, 0.15) is 23.2 Å². The van der Waals surface area contributed by atoms with E-state index in [1.54, 1.807) is 10.9 Å². The highest BCUT2D eigenvalue weighted by molar-refractivity contribution is 5.93. The van der Waals surface area contributed by atoms with E-state index in [4.69, 9.17) is 0 Å². The van der Waals surface area contributed by atoms with Crippen LogP contribution >= 0.6 is 12.4 Å². The molecule has 0 saturated carbocycles. The molecule has 0 aliphatic carbocycles. The second-order valence-corrected chi connectivity index (χ2v) is 5.83. The lowest BCUT2D eigenvalue weighted by molar-refractivity contribution is 0.0674. The minimum atomic E-state index is 0. The van der Waals surface area contributed by atoms with Crippen LogP contribution in [0.5, 0.6) is 0 Å². The van der Waals surface area contributed by atoms with Gasteiger partial charge in [-0.3, -0.25) is 4.79 Å². The van der Waals surface area contributed by atoms with Crippen LogP contribution in [-0.2, 0) is 0 Å². The van der Waals surface area contributed by atoms with Crippen molar-refractivity contribution in [2.45, 2.75) is 12.8 Å². The second kappa shape index (κ2) is 8.13. The first-order valence-electron chi connectivity index (χ1n) is 7.82. The van der Waals surface area contributed by atoms with Gasteiger partial charge in [0, 0.05) is 19.3 Å². The molecule has 1 aliphatic heterocycles. The molecule has 23 heavy (non-hydrogen) atoms. The molecule has 0 radical (unpaired) electrons. The summed E-state index contributed by atoms with van der Waals surface area (Å²) in [6, 6.07) is 9.85. The van der Waals surface area contributed by atoms with Crippen molar-refractivity contribution in [1.29, 1.82) is 0 Å². The molecule has 1 amide bonds. The molecule has 3 rings (SSSR count). The van der Waals surface area contributed by atoms with E-state index in [-0.39, 0.29) is 18.3 Å². The fourth-order valence-electron chi connectivity index (χ4n) is 3.04. The minimum absolute atomic E-state index is 0. The number of piperidine rings is 1. The normalized spacial score (nSPS) is 17.6. The highest BCUT2D eigenvalue weighted by Crippen LogP contribution is 2.18. The van der Waals surface area contributed by atoms with Gasteiger partial charge in [0.05, 0.1) is 17.4 Å². The molecule has 1 aromatic carbocycles. The van der Waals surface area contributed by atoms with Crippen LogP contribution in [0.2, 0.25) is 0 Å². The monoisotopic (exact) mass is 334 g/mol. The van der Waals surface area contributed by atoms with Crippen LogP contribution in [0, 0.1) is 5.92 Å². The SMILES string of the molecule is CNCC1CCCN(C(=O)c2cnn(-c3ccccc3)c2)C1.Cl. The molecule has 1 unspecified atom stereocenters. The van der Waals surface area contributed by atoms with Crippen LogP contribution in [-0.4, -0.2) is 47.3 Å². The number of carbonyl (C=O) groups is 1. The van der Waals surface area contributed by atoms with E-state index in [1.165, 1.54) is 6.42 Å². The highest BCUT2D eigenvalue weighted by Gasteiger charge is 2.24. The first kappa shape index (κ1) is 17.5. The molecule has 1 aliphatic rings.